The van der Waals surface area contributed by atoms with Gasteiger partial charge < -0.3 is 0 Å². The summed E-state index contributed by atoms with van der Waals surface area (Å²) in [7, 11) is -1.54. The molecule has 0 N–H and O–H groups in total. The number of benzene rings is 1. The Morgan fingerprint density at radius 3 is 2.64 bits per heavy atom. The van der Waals surface area contributed by atoms with Gasteiger partial charge in [0.15, 0.2) is 8.24 Å². The largest absolute Gasteiger partial charge is 0.275 e. The number of hydrogen-bond acceptors (Lipinski definition) is 2. The summed E-state index contributed by atoms with van der Waals surface area (Å²) in [5.41, 5.74) is 1.55. The first kappa shape index (κ1) is 9.33. The molecule has 0 saturated heterocycles. The maximum absolute atomic E-state index is 12.9. The van der Waals surface area contributed by atoms with Gasteiger partial charge in [-0.25, -0.2) is 4.39 Å². The van der Waals surface area contributed by atoms with Crippen LogP contribution < -0.4 is 0 Å². The van der Waals surface area contributed by atoms with E-state index in [4.69, 9.17) is 0 Å². The molecule has 0 radical (unpaired) electrons. The van der Waals surface area contributed by atoms with E-state index in [1.54, 1.807) is 6.07 Å². The van der Waals surface area contributed by atoms with Crippen molar-refractivity contribution in [2.45, 2.75) is 19.6 Å². The predicted molar refractivity (Wildman–Crippen MR) is 56.2 cm³/mol. The van der Waals surface area contributed by atoms with Crippen molar-refractivity contribution in [1.82, 2.24) is 14.7 Å². The highest BCUT2D eigenvalue weighted by Crippen LogP contribution is 2.16. The maximum Gasteiger partial charge on any atom is 0.179 e. The van der Waals surface area contributed by atoms with Crippen LogP contribution in [0.2, 0.25) is 19.6 Å². The third kappa shape index (κ3) is 1.43. The minimum Gasteiger partial charge on any atom is -0.275 e. The van der Waals surface area contributed by atoms with Gasteiger partial charge in [-0.1, -0.05) is 5.21 Å². The van der Waals surface area contributed by atoms with Crippen molar-refractivity contribution in [3.05, 3.63) is 24.0 Å². The van der Waals surface area contributed by atoms with E-state index in [-0.39, 0.29) is 5.82 Å². The molecule has 1 aromatic heterocycles. The number of aromatic nitrogens is 3. The Kier molecular flexibility index (Phi) is 1.92. The van der Waals surface area contributed by atoms with Gasteiger partial charge in [-0.3, -0.25) is 4.35 Å². The minimum atomic E-state index is -1.54. The summed E-state index contributed by atoms with van der Waals surface area (Å²) in [6.07, 6.45) is 0. The average molecular weight is 209 g/mol. The first-order chi connectivity index (χ1) is 6.48. The van der Waals surface area contributed by atoms with Gasteiger partial charge >= 0.3 is 0 Å². The van der Waals surface area contributed by atoms with Crippen LogP contribution in [0.15, 0.2) is 18.2 Å². The molecule has 0 aliphatic rings. The van der Waals surface area contributed by atoms with Crippen LogP contribution in [0, 0.1) is 5.82 Å². The zero-order chi connectivity index (χ0) is 10.3. The topological polar surface area (TPSA) is 30.7 Å². The van der Waals surface area contributed by atoms with Crippen LogP contribution in [0.5, 0.6) is 0 Å². The van der Waals surface area contributed by atoms with Crippen LogP contribution in [0.4, 0.5) is 4.39 Å². The molecule has 3 nitrogen and oxygen atoms in total. The molecule has 0 amide bonds. The second-order valence-electron chi connectivity index (χ2n) is 4.31. The van der Waals surface area contributed by atoms with Gasteiger partial charge in [0, 0.05) is 6.07 Å². The number of halogens is 1. The summed E-state index contributed by atoms with van der Waals surface area (Å²) in [4.78, 5) is 0. The molecule has 2 aromatic rings. The normalized spacial score (nSPS) is 12.3. The van der Waals surface area contributed by atoms with Gasteiger partial charge in [0.25, 0.3) is 0 Å². The van der Waals surface area contributed by atoms with Crippen LogP contribution >= 0.6 is 0 Å². The van der Waals surface area contributed by atoms with E-state index in [9.17, 15) is 4.39 Å². The fourth-order valence-electron chi connectivity index (χ4n) is 1.39. The summed E-state index contributed by atoms with van der Waals surface area (Å²) in [5, 5.41) is 8.02. The van der Waals surface area contributed by atoms with Gasteiger partial charge in [0.1, 0.15) is 11.3 Å². The first-order valence-electron chi connectivity index (χ1n) is 4.50. The molecular formula is C9H12FN3Si. The summed E-state index contributed by atoms with van der Waals surface area (Å²) < 4.78 is 14.8. The highest BCUT2D eigenvalue weighted by Gasteiger charge is 2.20. The van der Waals surface area contributed by atoms with Crippen LogP contribution in [0.25, 0.3) is 11.0 Å². The van der Waals surface area contributed by atoms with E-state index in [1.807, 2.05) is 4.35 Å². The zero-order valence-corrected chi connectivity index (χ0v) is 9.45. The van der Waals surface area contributed by atoms with Crippen LogP contribution in [0.1, 0.15) is 0 Å². The average Bonchev–Trinajstić information content (AvgIpc) is 2.45. The predicted octanol–water partition coefficient (Wildman–Crippen LogP) is 2.25. The molecule has 0 unspecified atom stereocenters. The molecule has 0 saturated carbocycles. The molecule has 0 bridgehead atoms. The molecule has 0 atom stereocenters. The number of fused-ring (bicyclic) bond motifs is 1. The lowest BCUT2D eigenvalue weighted by atomic mass is 10.3. The van der Waals surface area contributed by atoms with E-state index >= 15 is 0 Å². The third-order valence-corrected chi connectivity index (χ3v) is 3.64. The van der Waals surface area contributed by atoms with Crippen molar-refractivity contribution in [1.29, 1.82) is 0 Å². The van der Waals surface area contributed by atoms with Crippen molar-refractivity contribution < 1.29 is 4.39 Å². The molecule has 14 heavy (non-hydrogen) atoms. The number of rotatable bonds is 1. The fourth-order valence-corrected chi connectivity index (χ4v) is 2.62. The van der Waals surface area contributed by atoms with Crippen molar-refractivity contribution >= 4 is 19.3 Å². The Hall–Kier alpha value is -1.23. The van der Waals surface area contributed by atoms with Gasteiger partial charge in [0.05, 0.1) is 5.52 Å². The number of hydrogen-bond donors (Lipinski definition) is 0. The lowest BCUT2D eigenvalue weighted by Crippen LogP contribution is -2.33. The van der Waals surface area contributed by atoms with Crippen molar-refractivity contribution in [3.8, 4) is 0 Å². The monoisotopic (exact) mass is 209 g/mol. The smallest absolute Gasteiger partial charge is 0.179 e. The van der Waals surface area contributed by atoms with Crippen LogP contribution in [0.3, 0.4) is 0 Å². The lowest BCUT2D eigenvalue weighted by Gasteiger charge is -2.16. The molecular weight excluding hydrogens is 197 g/mol. The Morgan fingerprint density at radius 1 is 1.29 bits per heavy atom. The zero-order valence-electron chi connectivity index (χ0n) is 8.45. The van der Waals surface area contributed by atoms with Crippen molar-refractivity contribution in [2.24, 2.45) is 0 Å². The fraction of sp³-hybridized carbons (Fsp3) is 0.333. The lowest BCUT2D eigenvalue weighted by molar-refractivity contribution is 0.629. The molecule has 1 aromatic carbocycles. The standard InChI is InChI=1S/C9H12FN3Si/c1-14(2,3)13-9-5-4-7(10)6-8(9)11-12-13/h4-6H,1-3H3. The third-order valence-electron chi connectivity index (χ3n) is 2.04. The van der Waals surface area contributed by atoms with E-state index in [2.05, 4.69) is 30.0 Å². The summed E-state index contributed by atoms with van der Waals surface area (Å²) >= 11 is 0. The second kappa shape index (κ2) is 2.88. The van der Waals surface area contributed by atoms with Gasteiger partial charge in [-0.2, -0.15) is 0 Å². The quantitative estimate of drug-likeness (QED) is 0.674. The Bertz CT molecular complexity index is 472. The maximum atomic E-state index is 12.9. The van der Waals surface area contributed by atoms with Gasteiger partial charge in [-0.05, 0) is 31.8 Å². The summed E-state index contributed by atoms with van der Waals surface area (Å²) in [6.45, 7) is 6.51. The van der Waals surface area contributed by atoms with Crippen molar-refractivity contribution in [2.75, 3.05) is 0 Å². The van der Waals surface area contributed by atoms with Gasteiger partial charge in [-0.15, -0.1) is 5.10 Å². The van der Waals surface area contributed by atoms with E-state index in [1.165, 1.54) is 12.1 Å². The minimum absolute atomic E-state index is 0.264. The van der Waals surface area contributed by atoms with Crippen molar-refractivity contribution in [3.63, 3.8) is 0 Å². The molecule has 5 heteroatoms. The molecule has 0 aliphatic carbocycles. The van der Waals surface area contributed by atoms with Crippen LogP contribution in [-0.4, -0.2) is 22.9 Å². The molecule has 74 valence electrons. The van der Waals surface area contributed by atoms with Gasteiger partial charge in [0.2, 0.25) is 0 Å². The van der Waals surface area contributed by atoms with E-state index in [0.29, 0.717) is 5.52 Å². The Morgan fingerprint density at radius 2 is 2.00 bits per heavy atom. The SMILES string of the molecule is C[Si](C)(C)n1nnc2cc(F)ccc21. The molecule has 0 aliphatic heterocycles. The summed E-state index contributed by atoms with van der Waals surface area (Å²) in [6, 6.07) is 4.60. The molecule has 0 spiro atoms. The molecule has 2 rings (SSSR count). The highest BCUT2D eigenvalue weighted by molar-refractivity contribution is 6.74. The van der Waals surface area contributed by atoms with E-state index in [0.717, 1.165) is 5.52 Å². The Labute approximate surface area is 82.6 Å². The summed E-state index contributed by atoms with van der Waals surface area (Å²) in [5.74, 6) is -0.264. The Balaban J connectivity index is 2.70. The van der Waals surface area contributed by atoms with Crippen LogP contribution in [-0.2, 0) is 0 Å². The number of nitrogens with zero attached hydrogens (tertiary/aromatic N) is 3. The second-order valence-corrected chi connectivity index (χ2v) is 9.07. The van der Waals surface area contributed by atoms with E-state index < -0.39 is 8.24 Å². The molecule has 1 heterocycles. The first-order valence-corrected chi connectivity index (χ1v) is 7.95. The highest BCUT2D eigenvalue weighted by atomic mass is 28.3. The molecule has 0 fully saturated rings.